The summed E-state index contributed by atoms with van der Waals surface area (Å²) in [5.41, 5.74) is -1.57. The van der Waals surface area contributed by atoms with Gasteiger partial charge in [0, 0.05) is 18.1 Å². The minimum Gasteiger partial charge on any atom is -0.361 e. The first-order valence-corrected chi connectivity index (χ1v) is 6.79. The number of benzene rings is 1. The molecule has 0 radical (unpaired) electrons. The number of rotatable bonds is 3. The van der Waals surface area contributed by atoms with E-state index in [1.807, 2.05) is 12.1 Å². The van der Waals surface area contributed by atoms with Crippen LogP contribution in [0.25, 0.3) is 0 Å². The van der Waals surface area contributed by atoms with Crippen LogP contribution in [0.4, 0.5) is 5.69 Å². The standard InChI is InChI=1S/C15H10N4O4/c16-8-15(9-17)11-3-6-13(7-11)18(15)23-14(20)10-1-4-12(5-2-10)19(21)22/h1-6,11,13H,7H2/t11-,13-/m0/s1. The van der Waals surface area contributed by atoms with E-state index in [0.29, 0.717) is 6.42 Å². The highest BCUT2D eigenvalue weighted by atomic mass is 16.7. The van der Waals surface area contributed by atoms with Crippen LogP contribution in [0.15, 0.2) is 36.4 Å². The molecule has 0 N–H and O–H groups in total. The number of nitro groups is 1. The number of carbonyl (C=O) groups is 1. The van der Waals surface area contributed by atoms with Crippen molar-refractivity contribution < 1.29 is 14.6 Å². The molecule has 8 nitrogen and oxygen atoms in total. The SMILES string of the molecule is N#CC1(C#N)[C@H]2C=C[C@@H](C2)N1OC(=O)c1ccc([N+](=O)[O-])cc1. The highest BCUT2D eigenvalue weighted by Gasteiger charge is 2.58. The fourth-order valence-electron chi connectivity index (χ4n) is 2.88. The Balaban J connectivity index is 1.83. The first-order chi connectivity index (χ1) is 11.0. The molecule has 0 spiro atoms. The molecule has 1 aromatic rings. The number of non-ortho nitro benzene ring substituents is 1. The topological polar surface area (TPSA) is 120 Å². The van der Waals surface area contributed by atoms with Gasteiger partial charge in [0.2, 0.25) is 5.54 Å². The van der Waals surface area contributed by atoms with Crippen LogP contribution < -0.4 is 0 Å². The average Bonchev–Trinajstić information content (AvgIpc) is 3.15. The molecule has 0 saturated carbocycles. The Hall–Kier alpha value is -3.23. The van der Waals surface area contributed by atoms with Gasteiger partial charge in [0.25, 0.3) is 5.69 Å². The lowest BCUT2D eigenvalue weighted by Gasteiger charge is -2.31. The van der Waals surface area contributed by atoms with E-state index in [1.54, 1.807) is 12.2 Å². The first kappa shape index (κ1) is 14.7. The second-order valence-corrected chi connectivity index (χ2v) is 5.29. The van der Waals surface area contributed by atoms with Gasteiger partial charge in [0.15, 0.2) is 0 Å². The van der Waals surface area contributed by atoms with Crippen molar-refractivity contribution in [2.45, 2.75) is 18.0 Å². The van der Waals surface area contributed by atoms with Crippen LogP contribution in [0.2, 0.25) is 0 Å². The number of hydroxylamine groups is 2. The van der Waals surface area contributed by atoms with Crippen molar-refractivity contribution >= 4 is 11.7 Å². The summed E-state index contributed by atoms with van der Waals surface area (Å²) in [4.78, 5) is 27.5. The molecular weight excluding hydrogens is 300 g/mol. The third-order valence-corrected chi connectivity index (χ3v) is 4.08. The number of fused-ring (bicyclic) bond motifs is 2. The molecule has 0 aromatic heterocycles. The second-order valence-electron chi connectivity index (χ2n) is 5.29. The van der Waals surface area contributed by atoms with Crippen molar-refractivity contribution in [2.24, 2.45) is 5.92 Å². The zero-order chi connectivity index (χ0) is 16.6. The Bertz CT molecular complexity index is 773. The zero-order valence-corrected chi connectivity index (χ0v) is 11.7. The third kappa shape index (κ3) is 2.13. The maximum absolute atomic E-state index is 12.2. The van der Waals surface area contributed by atoms with Crippen molar-refractivity contribution in [3.8, 4) is 12.1 Å². The molecule has 3 rings (SSSR count). The molecule has 2 bridgehead atoms. The molecule has 1 saturated heterocycles. The highest BCUT2D eigenvalue weighted by Crippen LogP contribution is 2.44. The third-order valence-electron chi connectivity index (χ3n) is 4.08. The van der Waals surface area contributed by atoms with Crippen LogP contribution in [-0.2, 0) is 4.84 Å². The molecule has 23 heavy (non-hydrogen) atoms. The van der Waals surface area contributed by atoms with Gasteiger partial charge in [-0.05, 0) is 18.6 Å². The molecule has 0 amide bonds. The Morgan fingerprint density at radius 3 is 2.52 bits per heavy atom. The smallest absolute Gasteiger partial charge is 0.357 e. The van der Waals surface area contributed by atoms with E-state index >= 15 is 0 Å². The van der Waals surface area contributed by atoms with Crippen LogP contribution in [-0.4, -0.2) is 27.5 Å². The van der Waals surface area contributed by atoms with Gasteiger partial charge in [0.05, 0.1) is 16.5 Å². The van der Waals surface area contributed by atoms with E-state index in [0.717, 1.165) is 5.06 Å². The van der Waals surface area contributed by atoms with Crippen LogP contribution >= 0.6 is 0 Å². The van der Waals surface area contributed by atoms with E-state index in [1.165, 1.54) is 24.3 Å². The molecule has 1 aliphatic carbocycles. The average molecular weight is 310 g/mol. The lowest BCUT2D eigenvalue weighted by Crippen LogP contribution is -2.50. The Morgan fingerprint density at radius 1 is 1.30 bits per heavy atom. The maximum Gasteiger partial charge on any atom is 0.357 e. The van der Waals surface area contributed by atoms with Crippen LogP contribution in [0.1, 0.15) is 16.8 Å². The number of nitriles is 2. The zero-order valence-electron chi connectivity index (χ0n) is 11.7. The number of nitro benzene ring substituents is 1. The molecule has 1 aliphatic heterocycles. The maximum atomic E-state index is 12.2. The summed E-state index contributed by atoms with van der Waals surface area (Å²) in [7, 11) is 0. The van der Waals surface area contributed by atoms with Gasteiger partial charge in [-0.2, -0.15) is 10.5 Å². The highest BCUT2D eigenvalue weighted by molar-refractivity contribution is 5.89. The van der Waals surface area contributed by atoms with Gasteiger partial charge in [-0.3, -0.25) is 10.1 Å². The van der Waals surface area contributed by atoms with E-state index < -0.39 is 16.4 Å². The van der Waals surface area contributed by atoms with Crippen LogP contribution in [0, 0.1) is 38.7 Å². The molecule has 2 aliphatic rings. The fourth-order valence-corrected chi connectivity index (χ4v) is 2.88. The number of nitrogens with zero attached hydrogens (tertiary/aromatic N) is 4. The normalized spacial score (nSPS) is 23.9. The molecule has 114 valence electrons. The van der Waals surface area contributed by atoms with Gasteiger partial charge in [-0.25, -0.2) is 4.79 Å². The van der Waals surface area contributed by atoms with Gasteiger partial charge < -0.3 is 4.84 Å². The monoisotopic (exact) mass is 310 g/mol. The molecule has 1 heterocycles. The van der Waals surface area contributed by atoms with Crippen molar-refractivity contribution in [3.63, 3.8) is 0 Å². The summed E-state index contributed by atoms with van der Waals surface area (Å²) in [6, 6.07) is 8.47. The Labute approximate surface area is 130 Å². The summed E-state index contributed by atoms with van der Waals surface area (Å²) in [5.74, 6) is -1.08. The van der Waals surface area contributed by atoms with E-state index in [4.69, 9.17) is 4.84 Å². The minimum absolute atomic E-state index is 0.104. The molecule has 2 atom stereocenters. The molecular formula is C15H10N4O4. The Morgan fingerprint density at radius 2 is 1.96 bits per heavy atom. The summed E-state index contributed by atoms with van der Waals surface area (Å²) in [6.07, 6.45) is 4.11. The summed E-state index contributed by atoms with van der Waals surface area (Å²) in [5, 5.41) is 30.5. The fraction of sp³-hybridized carbons (Fsp3) is 0.267. The van der Waals surface area contributed by atoms with Gasteiger partial charge >= 0.3 is 5.97 Å². The summed E-state index contributed by atoms with van der Waals surface area (Å²) in [6.45, 7) is 0. The summed E-state index contributed by atoms with van der Waals surface area (Å²) < 4.78 is 0. The van der Waals surface area contributed by atoms with E-state index in [9.17, 15) is 25.4 Å². The lowest BCUT2D eigenvalue weighted by molar-refractivity contribution is -0.384. The number of carbonyl (C=O) groups excluding carboxylic acids is 1. The predicted octanol–water partition coefficient (Wildman–Crippen LogP) is 1.71. The summed E-state index contributed by atoms with van der Waals surface area (Å²) >= 11 is 0. The molecule has 8 heteroatoms. The van der Waals surface area contributed by atoms with Crippen molar-refractivity contribution in [1.82, 2.24) is 5.06 Å². The van der Waals surface area contributed by atoms with Crippen molar-refractivity contribution in [2.75, 3.05) is 0 Å². The largest absolute Gasteiger partial charge is 0.361 e. The number of hydrogen-bond donors (Lipinski definition) is 0. The van der Waals surface area contributed by atoms with Gasteiger partial charge in [-0.15, -0.1) is 0 Å². The van der Waals surface area contributed by atoms with Gasteiger partial charge in [-0.1, -0.05) is 17.2 Å². The number of hydrogen-bond acceptors (Lipinski definition) is 7. The van der Waals surface area contributed by atoms with E-state index in [2.05, 4.69) is 0 Å². The quantitative estimate of drug-likeness (QED) is 0.473. The predicted molar refractivity (Wildman–Crippen MR) is 75.3 cm³/mol. The van der Waals surface area contributed by atoms with Gasteiger partial charge in [0.1, 0.15) is 12.1 Å². The molecule has 0 unspecified atom stereocenters. The van der Waals surface area contributed by atoms with E-state index in [-0.39, 0.29) is 23.2 Å². The molecule has 1 fully saturated rings. The van der Waals surface area contributed by atoms with Crippen molar-refractivity contribution in [1.29, 1.82) is 10.5 Å². The molecule has 1 aromatic carbocycles. The lowest BCUT2D eigenvalue weighted by atomic mass is 9.89. The van der Waals surface area contributed by atoms with Crippen LogP contribution in [0.3, 0.4) is 0 Å². The Kier molecular flexibility index (Phi) is 3.32. The van der Waals surface area contributed by atoms with Crippen molar-refractivity contribution in [3.05, 3.63) is 52.1 Å². The minimum atomic E-state index is -1.53. The van der Waals surface area contributed by atoms with Crippen LogP contribution in [0.5, 0.6) is 0 Å². The second kappa shape index (κ2) is 5.20. The first-order valence-electron chi connectivity index (χ1n) is 6.79.